The standard InChI is InChI=1S/C16H19FO4/c1-2-21-15(20)16(14(18)19,9-8-11-6-7-11)12-4-3-5-13(17)10-12/h3-5,10-11H,2,6-9H2,1H3,(H,18,19). The highest BCUT2D eigenvalue weighted by Crippen LogP contribution is 2.40. The van der Waals surface area contributed by atoms with E-state index in [9.17, 15) is 19.1 Å². The van der Waals surface area contributed by atoms with Crippen molar-refractivity contribution in [3.8, 4) is 0 Å². The lowest BCUT2D eigenvalue weighted by Gasteiger charge is -2.27. The van der Waals surface area contributed by atoms with Gasteiger partial charge in [0.15, 0.2) is 5.41 Å². The number of aliphatic carboxylic acids is 1. The topological polar surface area (TPSA) is 63.6 Å². The molecule has 0 heterocycles. The first-order valence-corrected chi connectivity index (χ1v) is 7.17. The highest BCUT2D eigenvalue weighted by Gasteiger charge is 2.50. The fourth-order valence-corrected chi connectivity index (χ4v) is 2.52. The molecule has 0 amide bonds. The van der Waals surface area contributed by atoms with Gasteiger partial charge in [0.1, 0.15) is 5.82 Å². The van der Waals surface area contributed by atoms with E-state index in [-0.39, 0.29) is 18.6 Å². The van der Waals surface area contributed by atoms with Gasteiger partial charge in [-0.2, -0.15) is 0 Å². The summed E-state index contributed by atoms with van der Waals surface area (Å²) in [6.45, 7) is 1.71. The number of halogens is 1. The number of rotatable bonds is 7. The molecule has 2 rings (SSSR count). The molecule has 0 bridgehead atoms. The van der Waals surface area contributed by atoms with Gasteiger partial charge in [0.25, 0.3) is 0 Å². The zero-order valence-electron chi connectivity index (χ0n) is 12.0. The minimum atomic E-state index is -1.82. The second-order valence-corrected chi connectivity index (χ2v) is 5.42. The van der Waals surface area contributed by atoms with Gasteiger partial charge in [0.05, 0.1) is 6.61 Å². The Morgan fingerprint density at radius 3 is 2.67 bits per heavy atom. The lowest BCUT2D eigenvalue weighted by Crippen LogP contribution is -2.45. The first kappa shape index (κ1) is 15.5. The monoisotopic (exact) mass is 294 g/mol. The van der Waals surface area contributed by atoms with Crippen molar-refractivity contribution in [3.63, 3.8) is 0 Å². The summed E-state index contributed by atoms with van der Waals surface area (Å²) in [6.07, 6.45) is 2.88. The largest absolute Gasteiger partial charge is 0.480 e. The number of carbonyl (C=O) groups excluding carboxylic acids is 1. The zero-order chi connectivity index (χ0) is 15.5. The van der Waals surface area contributed by atoms with Gasteiger partial charge in [-0.05, 0) is 43.4 Å². The van der Waals surface area contributed by atoms with Crippen LogP contribution in [0.5, 0.6) is 0 Å². The van der Waals surface area contributed by atoms with Crippen LogP contribution in [-0.2, 0) is 19.7 Å². The Labute approximate surface area is 122 Å². The van der Waals surface area contributed by atoms with Gasteiger partial charge < -0.3 is 9.84 Å². The van der Waals surface area contributed by atoms with E-state index in [2.05, 4.69) is 0 Å². The SMILES string of the molecule is CCOC(=O)C(CCC1CC1)(C(=O)O)c1cccc(F)c1. The number of benzene rings is 1. The molecule has 1 aromatic rings. The van der Waals surface area contributed by atoms with Gasteiger partial charge in [-0.1, -0.05) is 25.0 Å². The van der Waals surface area contributed by atoms with E-state index in [1.807, 2.05) is 0 Å². The van der Waals surface area contributed by atoms with Crippen molar-refractivity contribution >= 4 is 11.9 Å². The van der Waals surface area contributed by atoms with Crippen LogP contribution in [-0.4, -0.2) is 23.7 Å². The van der Waals surface area contributed by atoms with Crippen LogP contribution in [0.3, 0.4) is 0 Å². The van der Waals surface area contributed by atoms with Crippen molar-refractivity contribution in [1.82, 2.24) is 0 Å². The van der Waals surface area contributed by atoms with Crippen molar-refractivity contribution in [2.24, 2.45) is 5.92 Å². The molecule has 0 aromatic heterocycles. The Kier molecular flexibility index (Phi) is 4.60. The molecule has 114 valence electrons. The minimum absolute atomic E-state index is 0.0899. The van der Waals surface area contributed by atoms with Crippen molar-refractivity contribution in [3.05, 3.63) is 35.6 Å². The van der Waals surface area contributed by atoms with Crippen LogP contribution in [0, 0.1) is 11.7 Å². The fourth-order valence-electron chi connectivity index (χ4n) is 2.52. The molecule has 1 fully saturated rings. The quantitative estimate of drug-likeness (QED) is 0.620. The lowest BCUT2D eigenvalue weighted by atomic mass is 9.76. The predicted octanol–water partition coefficient (Wildman–Crippen LogP) is 2.90. The molecule has 0 aliphatic heterocycles. The molecule has 1 aliphatic rings. The van der Waals surface area contributed by atoms with Gasteiger partial charge in [0, 0.05) is 0 Å². The van der Waals surface area contributed by atoms with Crippen LogP contribution in [0.25, 0.3) is 0 Å². The summed E-state index contributed by atoms with van der Waals surface area (Å²) in [5, 5.41) is 9.68. The molecule has 5 heteroatoms. The number of carbonyl (C=O) groups is 2. The molecule has 21 heavy (non-hydrogen) atoms. The molecule has 1 N–H and O–H groups in total. The number of carboxylic acids is 1. The molecule has 1 unspecified atom stereocenters. The van der Waals surface area contributed by atoms with Gasteiger partial charge in [-0.15, -0.1) is 0 Å². The Balaban J connectivity index is 2.42. The van der Waals surface area contributed by atoms with E-state index in [1.54, 1.807) is 6.92 Å². The van der Waals surface area contributed by atoms with Crippen LogP contribution < -0.4 is 0 Å². The number of esters is 1. The third-order valence-electron chi connectivity index (χ3n) is 3.93. The summed E-state index contributed by atoms with van der Waals surface area (Å²) in [5.41, 5.74) is -1.67. The fraction of sp³-hybridized carbons (Fsp3) is 0.500. The second-order valence-electron chi connectivity index (χ2n) is 5.42. The number of ether oxygens (including phenoxy) is 1. The summed E-state index contributed by atoms with van der Waals surface area (Å²) in [7, 11) is 0. The summed E-state index contributed by atoms with van der Waals surface area (Å²) in [6, 6.07) is 5.22. The molecule has 1 atom stereocenters. The third-order valence-corrected chi connectivity index (χ3v) is 3.93. The third kappa shape index (κ3) is 3.23. The summed E-state index contributed by atoms with van der Waals surface area (Å²) in [5.74, 6) is -2.20. The van der Waals surface area contributed by atoms with E-state index in [0.29, 0.717) is 12.3 Å². The lowest BCUT2D eigenvalue weighted by molar-refractivity contribution is -0.162. The predicted molar refractivity (Wildman–Crippen MR) is 74.3 cm³/mol. The van der Waals surface area contributed by atoms with E-state index in [4.69, 9.17) is 4.74 Å². The van der Waals surface area contributed by atoms with E-state index < -0.39 is 23.2 Å². The average Bonchev–Trinajstić information content (AvgIpc) is 3.23. The van der Waals surface area contributed by atoms with E-state index in [1.165, 1.54) is 18.2 Å². The van der Waals surface area contributed by atoms with Crippen LogP contribution in [0.2, 0.25) is 0 Å². The van der Waals surface area contributed by atoms with Gasteiger partial charge >= 0.3 is 11.9 Å². The highest BCUT2D eigenvalue weighted by atomic mass is 19.1. The van der Waals surface area contributed by atoms with Crippen molar-refractivity contribution in [2.75, 3.05) is 6.61 Å². The van der Waals surface area contributed by atoms with Gasteiger partial charge in [-0.3, -0.25) is 9.59 Å². The summed E-state index contributed by atoms with van der Waals surface area (Å²) < 4.78 is 18.4. The first-order chi connectivity index (χ1) is 10.0. The van der Waals surface area contributed by atoms with Gasteiger partial charge in [-0.25, -0.2) is 4.39 Å². The zero-order valence-corrected chi connectivity index (χ0v) is 12.0. The molecule has 1 aliphatic carbocycles. The smallest absolute Gasteiger partial charge is 0.328 e. The first-order valence-electron chi connectivity index (χ1n) is 7.17. The number of carboxylic acid groups (broad SMARTS) is 1. The Bertz CT molecular complexity index is 539. The minimum Gasteiger partial charge on any atom is -0.480 e. The molecule has 0 spiro atoms. The maximum Gasteiger partial charge on any atom is 0.328 e. The van der Waals surface area contributed by atoms with Crippen molar-refractivity contribution < 1.29 is 23.8 Å². The molecular weight excluding hydrogens is 275 g/mol. The molecule has 0 radical (unpaired) electrons. The molecular formula is C16H19FO4. The van der Waals surface area contributed by atoms with E-state index >= 15 is 0 Å². The molecule has 4 nitrogen and oxygen atoms in total. The Morgan fingerprint density at radius 1 is 1.43 bits per heavy atom. The van der Waals surface area contributed by atoms with Crippen LogP contribution >= 0.6 is 0 Å². The Morgan fingerprint density at radius 2 is 2.14 bits per heavy atom. The maximum atomic E-state index is 13.5. The molecule has 0 saturated heterocycles. The van der Waals surface area contributed by atoms with Gasteiger partial charge in [0.2, 0.25) is 0 Å². The highest BCUT2D eigenvalue weighted by molar-refractivity contribution is 6.05. The summed E-state index contributed by atoms with van der Waals surface area (Å²) >= 11 is 0. The molecule has 1 aromatic carbocycles. The van der Waals surface area contributed by atoms with E-state index in [0.717, 1.165) is 18.9 Å². The number of hydrogen-bond acceptors (Lipinski definition) is 3. The van der Waals surface area contributed by atoms with Crippen molar-refractivity contribution in [1.29, 1.82) is 0 Å². The van der Waals surface area contributed by atoms with Crippen molar-refractivity contribution in [2.45, 2.75) is 38.0 Å². The average molecular weight is 294 g/mol. The van der Waals surface area contributed by atoms with Crippen LogP contribution in [0.1, 0.15) is 38.2 Å². The molecule has 1 saturated carbocycles. The number of hydrogen-bond donors (Lipinski definition) is 1. The summed E-state index contributed by atoms with van der Waals surface area (Å²) in [4.78, 5) is 24.2. The Hall–Kier alpha value is -1.91. The van der Waals surface area contributed by atoms with Crippen LogP contribution in [0.15, 0.2) is 24.3 Å². The normalized spacial score (nSPS) is 17.0. The van der Waals surface area contributed by atoms with Crippen LogP contribution in [0.4, 0.5) is 4.39 Å². The second kappa shape index (κ2) is 6.24. The maximum absolute atomic E-state index is 13.5.